The fraction of sp³-hybridized carbons (Fsp3) is 0.500. The molecule has 0 spiro atoms. The fourth-order valence-corrected chi connectivity index (χ4v) is 1.72. The van der Waals surface area contributed by atoms with E-state index in [4.69, 9.17) is 5.73 Å². The number of nitrogens with two attached hydrogens (primary N) is 1. The Bertz CT molecular complexity index is 323. The van der Waals surface area contributed by atoms with Crippen molar-refractivity contribution in [3.63, 3.8) is 0 Å². The molecule has 1 aromatic carbocycles. The van der Waals surface area contributed by atoms with Gasteiger partial charge in [-0.3, -0.25) is 0 Å². The van der Waals surface area contributed by atoms with Gasteiger partial charge >= 0.3 is 0 Å². The van der Waals surface area contributed by atoms with Crippen molar-refractivity contribution < 1.29 is 0 Å². The molecule has 0 aliphatic heterocycles. The zero-order valence-electron chi connectivity index (χ0n) is 9.55. The molecule has 1 unspecified atom stereocenters. The van der Waals surface area contributed by atoms with Gasteiger partial charge in [-0.05, 0) is 46.0 Å². The number of anilines is 2. The van der Waals surface area contributed by atoms with Crippen molar-refractivity contribution in [2.24, 2.45) is 11.8 Å². The second kappa shape index (κ2) is 5.40. The molecule has 0 aliphatic carbocycles. The largest absolute Gasteiger partial charge is 0.399 e. The van der Waals surface area contributed by atoms with Gasteiger partial charge in [-0.1, -0.05) is 20.8 Å². The molecular formula is C12H19BrN2. The monoisotopic (exact) mass is 270 g/mol. The number of hydrogen-bond donors (Lipinski definition) is 2. The summed E-state index contributed by atoms with van der Waals surface area (Å²) in [4.78, 5) is 0. The Morgan fingerprint density at radius 3 is 2.53 bits per heavy atom. The first-order valence-electron chi connectivity index (χ1n) is 5.29. The summed E-state index contributed by atoms with van der Waals surface area (Å²) in [5.74, 6) is 1.36. The highest BCUT2D eigenvalue weighted by Crippen LogP contribution is 2.25. The standard InChI is InChI=1S/C12H19BrN2/c1-8(2)9(3)7-15-12-5-4-10(14)6-11(12)13/h4-6,8-9,15H,7,14H2,1-3H3. The molecule has 0 aliphatic rings. The van der Waals surface area contributed by atoms with Crippen LogP contribution in [0.2, 0.25) is 0 Å². The van der Waals surface area contributed by atoms with Crippen molar-refractivity contribution in [2.75, 3.05) is 17.6 Å². The minimum Gasteiger partial charge on any atom is -0.399 e. The average molecular weight is 271 g/mol. The minimum absolute atomic E-state index is 0.662. The van der Waals surface area contributed by atoms with Crippen molar-refractivity contribution in [3.05, 3.63) is 22.7 Å². The first-order valence-corrected chi connectivity index (χ1v) is 6.09. The summed E-state index contributed by atoms with van der Waals surface area (Å²) >= 11 is 3.49. The summed E-state index contributed by atoms with van der Waals surface area (Å²) in [6.07, 6.45) is 0. The van der Waals surface area contributed by atoms with Crippen LogP contribution in [0.5, 0.6) is 0 Å². The molecule has 0 saturated heterocycles. The van der Waals surface area contributed by atoms with Crippen LogP contribution < -0.4 is 11.1 Å². The normalized spacial score (nSPS) is 12.9. The molecule has 0 radical (unpaired) electrons. The van der Waals surface area contributed by atoms with E-state index in [1.807, 2.05) is 18.2 Å². The third-order valence-corrected chi connectivity index (χ3v) is 3.40. The summed E-state index contributed by atoms with van der Waals surface area (Å²) in [7, 11) is 0. The number of halogens is 1. The van der Waals surface area contributed by atoms with E-state index in [1.165, 1.54) is 0 Å². The third-order valence-electron chi connectivity index (χ3n) is 2.75. The number of nitrogen functional groups attached to an aromatic ring is 1. The smallest absolute Gasteiger partial charge is 0.0486 e. The van der Waals surface area contributed by atoms with Crippen LogP contribution >= 0.6 is 15.9 Å². The molecule has 84 valence electrons. The van der Waals surface area contributed by atoms with Crippen LogP contribution in [0.15, 0.2) is 22.7 Å². The Kier molecular flexibility index (Phi) is 4.45. The van der Waals surface area contributed by atoms with Gasteiger partial charge in [-0.2, -0.15) is 0 Å². The second-order valence-corrected chi connectivity index (χ2v) is 5.20. The van der Waals surface area contributed by atoms with Crippen molar-refractivity contribution in [1.82, 2.24) is 0 Å². The molecule has 0 saturated carbocycles. The van der Waals surface area contributed by atoms with Crippen molar-refractivity contribution in [3.8, 4) is 0 Å². The summed E-state index contributed by atoms with van der Waals surface area (Å²) in [5, 5.41) is 3.42. The van der Waals surface area contributed by atoms with Gasteiger partial charge in [-0.15, -0.1) is 0 Å². The summed E-state index contributed by atoms with van der Waals surface area (Å²) in [6, 6.07) is 5.84. The van der Waals surface area contributed by atoms with E-state index in [9.17, 15) is 0 Å². The molecular weight excluding hydrogens is 252 g/mol. The molecule has 15 heavy (non-hydrogen) atoms. The number of benzene rings is 1. The number of rotatable bonds is 4. The minimum atomic E-state index is 0.662. The van der Waals surface area contributed by atoms with Crippen molar-refractivity contribution >= 4 is 27.3 Å². The Hall–Kier alpha value is -0.700. The topological polar surface area (TPSA) is 38.0 Å². The SMILES string of the molecule is CC(C)C(C)CNc1ccc(N)cc1Br. The van der Waals surface area contributed by atoms with Crippen LogP contribution in [0.1, 0.15) is 20.8 Å². The van der Waals surface area contributed by atoms with E-state index in [-0.39, 0.29) is 0 Å². The molecule has 0 amide bonds. The van der Waals surface area contributed by atoms with E-state index >= 15 is 0 Å². The van der Waals surface area contributed by atoms with Gasteiger partial charge in [0, 0.05) is 22.4 Å². The summed E-state index contributed by atoms with van der Waals surface area (Å²) in [5.41, 5.74) is 7.56. The predicted molar refractivity (Wildman–Crippen MR) is 71.0 cm³/mol. The maximum atomic E-state index is 5.67. The molecule has 1 aromatic rings. The molecule has 0 aromatic heterocycles. The maximum Gasteiger partial charge on any atom is 0.0486 e. The van der Waals surface area contributed by atoms with E-state index in [0.717, 1.165) is 22.4 Å². The van der Waals surface area contributed by atoms with E-state index in [2.05, 4.69) is 42.0 Å². The van der Waals surface area contributed by atoms with E-state index < -0.39 is 0 Å². The van der Waals surface area contributed by atoms with Gasteiger partial charge in [0.2, 0.25) is 0 Å². The molecule has 0 fully saturated rings. The van der Waals surface area contributed by atoms with Gasteiger partial charge in [0.05, 0.1) is 0 Å². The molecule has 3 N–H and O–H groups in total. The van der Waals surface area contributed by atoms with Crippen LogP contribution in [0.3, 0.4) is 0 Å². The molecule has 1 rings (SSSR count). The van der Waals surface area contributed by atoms with Gasteiger partial charge < -0.3 is 11.1 Å². The molecule has 2 nitrogen and oxygen atoms in total. The quantitative estimate of drug-likeness (QED) is 0.819. The summed E-state index contributed by atoms with van der Waals surface area (Å²) in [6.45, 7) is 7.72. The van der Waals surface area contributed by atoms with Gasteiger partial charge in [0.1, 0.15) is 0 Å². The number of hydrogen-bond acceptors (Lipinski definition) is 2. The molecule has 0 bridgehead atoms. The maximum absolute atomic E-state index is 5.67. The van der Waals surface area contributed by atoms with Gasteiger partial charge in [-0.25, -0.2) is 0 Å². The lowest BCUT2D eigenvalue weighted by atomic mass is 9.98. The first-order chi connectivity index (χ1) is 7.00. The zero-order valence-corrected chi connectivity index (χ0v) is 11.1. The summed E-state index contributed by atoms with van der Waals surface area (Å²) < 4.78 is 1.03. The molecule has 1 atom stereocenters. The second-order valence-electron chi connectivity index (χ2n) is 4.34. The van der Waals surface area contributed by atoms with Crippen LogP contribution in [0.25, 0.3) is 0 Å². The van der Waals surface area contributed by atoms with E-state index in [1.54, 1.807) is 0 Å². The Morgan fingerprint density at radius 1 is 1.33 bits per heavy atom. The van der Waals surface area contributed by atoms with Crippen LogP contribution in [0, 0.1) is 11.8 Å². The highest BCUT2D eigenvalue weighted by atomic mass is 79.9. The Balaban J connectivity index is 2.58. The van der Waals surface area contributed by atoms with Crippen molar-refractivity contribution in [1.29, 1.82) is 0 Å². The van der Waals surface area contributed by atoms with E-state index in [0.29, 0.717) is 11.8 Å². The Labute approximate surface area is 100 Å². The lowest BCUT2D eigenvalue weighted by molar-refractivity contribution is 0.439. The van der Waals surface area contributed by atoms with Gasteiger partial charge in [0.15, 0.2) is 0 Å². The van der Waals surface area contributed by atoms with Gasteiger partial charge in [0.25, 0.3) is 0 Å². The lowest BCUT2D eigenvalue weighted by Crippen LogP contribution is -2.16. The van der Waals surface area contributed by atoms with Crippen molar-refractivity contribution in [2.45, 2.75) is 20.8 Å². The van der Waals surface area contributed by atoms with Crippen LogP contribution in [-0.4, -0.2) is 6.54 Å². The van der Waals surface area contributed by atoms with Crippen LogP contribution in [0.4, 0.5) is 11.4 Å². The highest BCUT2D eigenvalue weighted by Gasteiger charge is 2.07. The number of nitrogens with one attached hydrogen (secondary N) is 1. The Morgan fingerprint density at radius 2 is 2.00 bits per heavy atom. The lowest BCUT2D eigenvalue weighted by Gasteiger charge is -2.17. The third kappa shape index (κ3) is 3.74. The first kappa shape index (κ1) is 12.4. The molecule has 3 heteroatoms. The molecule has 0 heterocycles. The fourth-order valence-electron chi connectivity index (χ4n) is 1.18. The predicted octanol–water partition coefficient (Wildman–Crippen LogP) is 3.74. The zero-order chi connectivity index (χ0) is 11.4. The average Bonchev–Trinajstić information content (AvgIpc) is 2.15. The van der Waals surface area contributed by atoms with Crippen LogP contribution in [-0.2, 0) is 0 Å². The highest BCUT2D eigenvalue weighted by molar-refractivity contribution is 9.10.